The Balaban J connectivity index is 2.41. The summed E-state index contributed by atoms with van der Waals surface area (Å²) in [5.41, 5.74) is 1.99. The number of hydrogen-bond donors (Lipinski definition) is 1. The molecule has 2 rings (SSSR count). The molecule has 1 amide bonds. The predicted octanol–water partition coefficient (Wildman–Crippen LogP) is 2.59. The summed E-state index contributed by atoms with van der Waals surface area (Å²) in [6, 6.07) is 3.59. The largest absolute Gasteiger partial charge is 0.352 e. The van der Waals surface area contributed by atoms with Crippen molar-refractivity contribution >= 4 is 44.6 Å². The molecule has 1 N–H and O–H groups in total. The van der Waals surface area contributed by atoms with Crippen LogP contribution in [-0.4, -0.2) is 21.2 Å². The Morgan fingerprint density at radius 1 is 1.44 bits per heavy atom. The molecule has 0 fully saturated rings. The van der Waals surface area contributed by atoms with E-state index in [1.165, 1.54) is 0 Å². The molecule has 1 aromatic carbocycles. The van der Waals surface area contributed by atoms with Crippen molar-refractivity contribution in [3.8, 4) is 0 Å². The van der Waals surface area contributed by atoms with Gasteiger partial charge in [0.05, 0.1) is 17.3 Å². The quantitative estimate of drug-likeness (QED) is 0.948. The molecule has 0 saturated heterocycles. The highest BCUT2D eigenvalue weighted by Crippen LogP contribution is 2.25. The highest BCUT2D eigenvalue weighted by atomic mass is 79.9. The predicted molar refractivity (Wildman–Crippen MR) is 67.7 cm³/mol. The van der Waals surface area contributed by atoms with Crippen LogP contribution < -0.4 is 5.32 Å². The molecule has 0 unspecified atom stereocenters. The number of rotatable bonds is 3. The molecule has 1 heterocycles. The van der Waals surface area contributed by atoms with Crippen LogP contribution in [0.4, 0.5) is 0 Å². The number of fused-ring (bicyclic) bond motifs is 1. The number of halogens is 1. The number of carbonyl (C=O) groups excluding carboxylic acids is 1. The van der Waals surface area contributed by atoms with Gasteiger partial charge in [-0.2, -0.15) is 8.75 Å². The zero-order chi connectivity index (χ0) is 11.5. The normalized spacial score (nSPS) is 10.6. The van der Waals surface area contributed by atoms with Gasteiger partial charge in [-0.3, -0.25) is 4.79 Å². The lowest BCUT2D eigenvalue weighted by Gasteiger charge is -2.04. The van der Waals surface area contributed by atoms with Crippen LogP contribution in [0.2, 0.25) is 0 Å². The fourth-order valence-electron chi connectivity index (χ4n) is 1.35. The molecule has 0 bridgehead atoms. The maximum Gasteiger partial charge on any atom is 0.253 e. The van der Waals surface area contributed by atoms with E-state index in [9.17, 15) is 4.79 Å². The first-order valence-corrected chi connectivity index (χ1v) is 6.45. The van der Waals surface area contributed by atoms with Crippen molar-refractivity contribution < 1.29 is 4.79 Å². The Labute approximate surface area is 106 Å². The van der Waals surface area contributed by atoms with E-state index in [1.807, 2.05) is 13.0 Å². The maximum atomic E-state index is 11.8. The highest BCUT2D eigenvalue weighted by Gasteiger charge is 2.14. The Hall–Kier alpha value is -1.01. The van der Waals surface area contributed by atoms with E-state index < -0.39 is 0 Å². The van der Waals surface area contributed by atoms with Gasteiger partial charge in [-0.05, 0) is 34.5 Å². The van der Waals surface area contributed by atoms with Crippen molar-refractivity contribution in [2.24, 2.45) is 0 Å². The lowest BCUT2D eigenvalue weighted by atomic mass is 10.1. The average molecular weight is 300 g/mol. The molecule has 0 atom stereocenters. The van der Waals surface area contributed by atoms with E-state index in [-0.39, 0.29) is 5.91 Å². The molecule has 84 valence electrons. The van der Waals surface area contributed by atoms with Crippen LogP contribution in [0.25, 0.3) is 11.0 Å². The molecule has 0 spiro atoms. The summed E-state index contributed by atoms with van der Waals surface area (Å²) >= 11 is 4.50. The summed E-state index contributed by atoms with van der Waals surface area (Å²) in [4.78, 5) is 11.8. The molecule has 0 aliphatic carbocycles. The van der Waals surface area contributed by atoms with Gasteiger partial charge in [0.2, 0.25) is 0 Å². The molecule has 0 radical (unpaired) electrons. The Morgan fingerprint density at radius 3 is 2.94 bits per heavy atom. The van der Waals surface area contributed by atoms with Crippen molar-refractivity contribution in [2.45, 2.75) is 13.3 Å². The molecule has 1 aromatic heterocycles. The summed E-state index contributed by atoms with van der Waals surface area (Å²) in [7, 11) is 0. The van der Waals surface area contributed by atoms with Crippen molar-refractivity contribution in [1.82, 2.24) is 14.1 Å². The zero-order valence-electron chi connectivity index (χ0n) is 8.66. The first-order chi connectivity index (χ1) is 7.74. The highest BCUT2D eigenvalue weighted by molar-refractivity contribution is 9.10. The van der Waals surface area contributed by atoms with Gasteiger partial charge in [0.15, 0.2) is 0 Å². The number of amides is 1. The number of nitrogens with one attached hydrogen (secondary N) is 1. The summed E-state index contributed by atoms with van der Waals surface area (Å²) in [6.07, 6.45) is 0.917. The van der Waals surface area contributed by atoms with Crippen LogP contribution in [0.5, 0.6) is 0 Å². The fourth-order valence-corrected chi connectivity index (χ4v) is 2.45. The Kier molecular flexibility index (Phi) is 3.50. The first-order valence-electron chi connectivity index (χ1n) is 4.93. The van der Waals surface area contributed by atoms with Gasteiger partial charge in [0, 0.05) is 11.0 Å². The van der Waals surface area contributed by atoms with Gasteiger partial charge in [0.25, 0.3) is 5.91 Å². The van der Waals surface area contributed by atoms with Crippen molar-refractivity contribution in [2.75, 3.05) is 6.54 Å². The van der Waals surface area contributed by atoms with Crippen LogP contribution in [-0.2, 0) is 0 Å². The molecule has 4 nitrogen and oxygen atoms in total. The van der Waals surface area contributed by atoms with Gasteiger partial charge in [0.1, 0.15) is 11.0 Å². The summed E-state index contributed by atoms with van der Waals surface area (Å²) in [5, 5.41) is 2.83. The third-order valence-electron chi connectivity index (χ3n) is 2.15. The molecule has 2 aromatic rings. The molecule has 0 saturated carbocycles. The number of benzene rings is 1. The molecule has 6 heteroatoms. The summed E-state index contributed by atoms with van der Waals surface area (Å²) in [5.74, 6) is -0.0907. The lowest BCUT2D eigenvalue weighted by molar-refractivity contribution is 0.0955. The van der Waals surface area contributed by atoms with Gasteiger partial charge < -0.3 is 5.32 Å². The second kappa shape index (κ2) is 4.88. The Morgan fingerprint density at radius 2 is 2.19 bits per heavy atom. The zero-order valence-corrected chi connectivity index (χ0v) is 11.1. The molecule has 0 aliphatic rings. The van der Waals surface area contributed by atoms with Crippen molar-refractivity contribution in [1.29, 1.82) is 0 Å². The number of nitrogens with zero attached hydrogens (tertiary/aromatic N) is 2. The van der Waals surface area contributed by atoms with Gasteiger partial charge in [-0.1, -0.05) is 6.92 Å². The van der Waals surface area contributed by atoms with E-state index in [0.29, 0.717) is 17.6 Å². The minimum atomic E-state index is -0.0907. The maximum absolute atomic E-state index is 11.8. The van der Waals surface area contributed by atoms with Gasteiger partial charge >= 0.3 is 0 Å². The minimum Gasteiger partial charge on any atom is -0.352 e. The second-order valence-corrected chi connectivity index (χ2v) is 4.70. The van der Waals surface area contributed by atoms with Crippen molar-refractivity contribution in [3.63, 3.8) is 0 Å². The van der Waals surface area contributed by atoms with Gasteiger partial charge in [-0.15, -0.1) is 0 Å². The standard InChI is InChI=1S/C10H10BrN3OS/c1-2-5-12-10(15)6-3-4-7(11)9-8(6)13-16-14-9/h3-4H,2,5H2,1H3,(H,12,15). The van der Waals surface area contributed by atoms with Crippen LogP contribution in [0.15, 0.2) is 16.6 Å². The fraction of sp³-hybridized carbons (Fsp3) is 0.300. The molecule has 16 heavy (non-hydrogen) atoms. The third kappa shape index (κ3) is 2.08. The average Bonchev–Trinajstić information content (AvgIpc) is 2.76. The SMILES string of the molecule is CCCNC(=O)c1ccc(Br)c2nsnc12. The second-order valence-electron chi connectivity index (χ2n) is 3.31. The van der Waals surface area contributed by atoms with Crippen LogP contribution in [0.1, 0.15) is 23.7 Å². The summed E-state index contributed by atoms with van der Waals surface area (Å²) in [6.45, 7) is 2.69. The Bertz CT molecular complexity index is 526. The molecular weight excluding hydrogens is 290 g/mol. The number of aromatic nitrogens is 2. The van der Waals surface area contributed by atoms with E-state index in [1.54, 1.807) is 6.07 Å². The van der Waals surface area contributed by atoms with Gasteiger partial charge in [-0.25, -0.2) is 0 Å². The first kappa shape index (κ1) is 11.5. The summed E-state index contributed by atoms with van der Waals surface area (Å²) < 4.78 is 9.16. The van der Waals surface area contributed by atoms with E-state index in [2.05, 4.69) is 30.0 Å². The van der Waals surface area contributed by atoms with Crippen molar-refractivity contribution in [3.05, 3.63) is 22.2 Å². The minimum absolute atomic E-state index is 0.0907. The number of carbonyl (C=O) groups is 1. The van der Waals surface area contributed by atoms with E-state index in [4.69, 9.17) is 0 Å². The lowest BCUT2D eigenvalue weighted by Crippen LogP contribution is -2.24. The van der Waals surface area contributed by atoms with E-state index >= 15 is 0 Å². The van der Waals surface area contributed by atoms with Crippen LogP contribution in [0, 0.1) is 0 Å². The number of hydrogen-bond acceptors (Lipinski definition) is 4. The van der Waals surface area contributed by atoms with E-state index in [0.717, 1.165) is 28.1 Å². The molecule has 0 aliphatic heterocycles. The van der Waals surface area contributed by atoms with Crippen LogP contribution in [0.3, 0.4) is 0 Å². The third-order valence-corrected chi connectivity index (χ3v) is 3.31. The molecular formula is C10H10BrN3OS. The monoisotopic (exact) mass is 299 g/mol. The topological polar surface area (TPSA) is 54.9 Å². The van der Waals surface area contributed by atoms with Crippen LogP contribution >= 0.6 is 27.7 Å². The smallest absolute Gasteiger partial charge is 0.253 e.